The highest BCUT2D eigenvalue weighted by molar-refractivity contribution is 7.21. The molecule has 1 atom stereocenters. The highest BCUT2D eigenvalue weighted by atomic mass is 32.1. The second-order valence-corrected chi connectivity index (χ2v) is 14.6. The number of benzene rings is 2. The minimum atomic E-state index is -0.294. The SMILES string of the molecule is C/C(=C\C1(C)CCC1)C(=N)N1CCC[C@@H](NC(=O)c2sc3nccc4c3c2NC(=O)N4c2ccc(CCc3ccccc3)cc2C)C1. The second-order valence-electron chi connectivity index (χ2n) is 13.6. The van der Waals surface area contributed by atoms with E-state index in [9.17, 15) is 9.59 Å². The molecule has 0 bridgehead atoms. The Morgan fingerprint density at radius 2 is 1.89 bits per heavy atom. The van der Waals surface area contributed by atoms with Gasteiger partial charge in [0.2, 0.25) is 0 Å². The molecule has 0 spiro atoms. The number of nitrogens with one attached hydrogen (secondary N) is 3. The number of carbonyl (C=O) groups is 2. The van der Waals surface area contributed by atoms with Crippen molar-refractivity contribution in [3.05, 3.63) is 94.0 Å². The number of carbonyl (C=O) groups excluding carboxylic acids is 2. The van der Waals surface area contributed by atoms with Gasteiger partial charge in [0.15, 0.2) is 0 Å². The predicted octanol–water partition coefficient (Wildman–Crippen LogP) is 8.38. The molecule has 2 aliphatic heterocycles. The van der Waals surface area contributed by atoms with E-state index in [1.807, 2.05) is 32.0 Å². The van der Waals surface area contributed by atoms with Crippen LogP contribution < -0.4 is 15.5 Å². The number of piperidine rings is 1. The third kappa shape index (κ3) is 6.16. The first-order valence-electron chi connectivity index (χ1n) is 16.7. The number of amides is 3. The van der Waals surface area contributed by atoms with Gasteiger partial charge in [-0.25, -0.2) is 9.78 Å². The zero-order valence-corrected chi connectivity index (χ0v) is 28.2. The highest BCUT2D eigenvalue weighted by Gasteiger charge is 2.35. The van der Waals surface area contributed by atoms with Crippen LogP contribution in [0.5, 0.6) is 0 Å². The summed E-state index contributed by atoms with van der Waals surface area (Å²) in [6, 6.07) is 18.2. The van der Waals surface area contributed by atoms with Gasteiger partial charge in [0.05, 0.1) is 22.4 Å². The Morgan fingerprint density at radius 3 is 2.64 bits per heavy atom. The van der Waals surface area contributed by atoms with Crippen LogP contribution in [0.15, 0.2) is 72.4 Å². The van der Waals surface area contributed by atoms with E-state index in [2.05, 4.69) is 69.9 Å². The number of urea groups is 1. The van der Waals surface area contributed by atoms with Crippen LogP contribution in [0.25, 0.3) is 10.2 Å². The minimum absolute atomic E-state index is 0.0904. The molecule has 0 unspecified atom stereocenters. The van der Waals surface area contributed by atoms with Crippen molar-refractivity contribution >= 4 is 56.4 Å². The number of aromatic nitrogens is 1. The highest BCUT2D eigenvalue weighted by Crippen LogP contribution is 2.46. The molecule has 2 aromatic carbocycles. The molecule has 0 radical (unpaired) electrons. The fourth-order valence-corrected chi connectivity index (χ4v) is 8.33. The molecule has 47 heavy (non-hydrogen) atoms. The van der Waals surface area contributed by atoms with Gasteiger partial charge >= 0.3 is 6.03 Å². The summed E-state index contributed by atoms with van der Waals surface area (Å²) in [5.41, 5.74) is 6.80. The monoisotopic (exact) mass is 646 g/mol. The second kappa shape index (κ2) is 12.6. The van der Waals surface area contributed by atoms with Gasteiger partial charge in [-0.3, -0.25) is 15.1 Å². The first-order chi connectivity index (χ1) is 22.7. The number of likely N-dealkylation sites (tertiary alicyclic amines) is 1. The van der Waals surface area contributed by atoms with E-state index < -0.39 is 0 Å². The van der Waals surface area contributed by atoms with Crippen molar-refractivity contribution in [2.24, 2.45) is 5.41 Å². The number of aryl methyl sites for hydroxylation is 3. The molecule has 1 saturated heterocycles. The van der Waals surface area contributed by atoms with Crippen LogP contribution in [-0.4, -0.2) is 46.8 Å². The van der Waals surface area contributed by atoms with Crippen LogP contribution in [0.1, 0.15) is 72.3 Å². The number of hydrogen-bond donors (Lipinski definition) is 3. The molecular weight excluding hydrogens is 605 g/mol. The third-order valence-corrected chi connectivity index (χ3v) is 11.1. The van der Waals surface area contributed by atoms with Crippen molar-refractivity contribution in [3.8, 4) is 0 Å². The maximum absolute atomic E-state index is 13.8. The molecule has 2 aromatic heterocycles. The average Bonchev–Trinajstić information content (AvgIpc) is 3.43. The standard InChI is InChI=1S/C38H42N6O2S/c1-24-21-27(13-12-26-9-5-4-6-10-26)14-15-29(24)44-30-16-19-40-36-31(30)32(42-37(44)46)33(47-36)35(45)41-28-11-7-20-43(23-28)34(39)25(2)22-38(3)17-8-18-38/h4-6,9-10,14-16,19,21-22,28,39H,7-8,11-13,17-18,20,23H2,1-3H3,(H,41,45)(H,42,46)/b25-22+,39-34?/t28-/m1/s1. The van der Waals surface area contributed by atoms with Crippen molar-refractivity contribution in [3.63, 3.8) is 0 Å². The Balaban J connectivity index is 1.09. The fraction of sp³-hybridized carbons (Fsp3) is 0.368. The zero-order chi connectivity index (χ0) is 32.7. The number of hydrogen-bond acceptors (Lipinski definition) is 5. The van der Waals surface area contributed by atoms with E-state index in [0.717, 1.165) is 60.1 Å². The summed E-state index contributed by atoms with van der Waals surface area (Å²) in [6.45, 7) is 7.75. The Bertz CT molecular complexity index is 1890. The van der Waals surface area contributed by atoms with Crippen LogP contribution in [0.3, 0.4) is 0 Å². The molecule has 1 saturated carbocycles. The lowest BCUT2D eigenvalue weighted by Gasteiger charge is -2.38. The van der Waals surface area contributed by atoms with Crippen molar-refractivity contribution in [1.29, 1.82) is 5.41 Å². The molecule has 3 amide bonds. The van der Waals surface area contributed by atoms with Crippen LogP contribution in [-0.2, 0) is 12.8 Å². The van der Waals surface area contributed by atoms with Crippen LogP contribution in [0.4, 0.5) is 21.9 Å². The Labute approximate surface area is 280 Å². The number of allylic oxidation sites excluding steroid dienone is 1. The molecule has 3 aliphatic rings. The molecular formula is C38H42N6O2S. The average molecular weight is 647 g/mol. The number of pyridine rings is 1. The maximum atomic E-state index is 13.8. The van der Waals surface area contributed by atoms with Crippen molar-refractivity contribution in [2.75, 3.05) is 23.3 Å². The van der Waals surface area contributed by atoms with E-state index in [0.29, 0.717) is 27.8 Å². The summed E-state index contributed by atoms with van der Waals surface area (Å²) in [5.74, 6) is 0.337. The lowest BCUT2D eigenvalue weighted by Crippen LogP contribution is -2.49. The molecule has 8 nitrogen and oxygen atoms in total. The largest absolute Gasteiger partial charge is 0.355 e. The van der Waals surface area contributed by atoms with Gasteiger partial charge in [-0.1, -0.05) is 61.9 Å². The zero-order valence-electron chi connectivity index (χ0n) is 27.4. The van der Waals surface area contributed by atoms with Gasteiger partial charge in [-0.15, -0.1) is 11.3 Å². The van der Waals surface area contributed by atoms with E-state index in [1.54, 1.807) is 11.1 Å². The Morgan fingerprint density at radius 1 is 1.11 bits per heavy atom. The number of anilines is 3. The van der Waals surface area contributed by atoms with Crippen molar-refractivity contribution in [2.45, 2.75) is 71.8 Å². The van der Waals surface area contributed by atoms with Gasteiger partial charge in [0.25, 0.3) is 5.91 Å². The number of nitrogens with zero attached hydrogens (tertiary/aromatic N) is 3. The van der Waals surface area contributed by atoms with Crippen LogP contribution in [0.2, 0.25) is 0 Å². The quantitative estimate of drug-likeness (QED) is 0.132. The summed E-state index contributed by atoms with van der Waals surface area (Å²) in [7, 11) is 0. The Kier molecular flexibility index (Phi) is 8.34. The van der Waals surface area contributed by atoms with Gasteiger partial charge in [0.1, 0.15) is 15.5 Å². The normalized spacial score (nSPS) is 18.9. The number of rotatable bonds is 8. The van der Waals surface area contributed by atoms with Crippen LogP contribution in [0, 0.1) is 17.7 Å². The number of thiophene rings is 1. The molecule has 2 fully saturated rings. The van der Waals surface area contributed by atoms with Gasteiger partial charge in [-0.05, 0) is 92.2 Å². The third-order valence-electron chi connectivity index (χ3n) is 10.0. The minimum Gasteiger partial charge on any atom is -0.355 e. The van der Waals surface area contributed by atoms with E-state index in [4.69, 9.17) is 5.41 Å². The van der Waals surface area contributed by atoms with E-state index in [-0.39, 0.29) is 23.4 Å². The first-order valence-corrected chi connectivity index (χ1v) is 17.5. The molecule has 3 N–H and O–H groups in total. The summed E-state index contributed by atoms with van der Waals surface area (Å²) < 4.78 is 0. The van der Waals surface area contributed by atoms with E-state index >= 15 is 0 Å². The summed E-state index contributed by atoms with van der Waals surface area (Å²) in [4.78, 5) is 37.1. The summed E-state index contributed by atoms with van der Waals surface area (Å²) in [5, 5.41) is 15.9. The lowest BCUT2D eigenvalue weighted by atomic mass is 9.69. The van der Waals surface area contributed by atoms with Crippen LogP contribution >= 0.6 is 11.3 Å². The molecule has 7 rings (SSSR count). The van der Waals surface area contributed by atoms with Crippen molar-refractivity contribution in [1.82, 2.24) is 15.2 Å². The molecule has 9 heteroatoms. The molecule has 4 heterocycles. The molecule has 4 aromatic rings. The predicted molar refractivity (Wildman–Crippen MR) is 191 cm³/mol. The van der Waals surface area contributed by atoms with Crippen molar-refractivity contribution < 1.29 is 9.59 Å². The topological polar surface area (TPSA) is 101 Å². The summed E-state index contributed by atoms with van der Waals surface area (Å²) in [6.07, 6.45) is 11.2. The van der Waals surface area contributed by atoms with Gasteiger partial charge < -0.3 is 15.5 Å². The smallest absolute Gasteiger partial charge is 0.331 e. The number of amidine groups is 1. The first kappa shape index (κ1) is 31.1. The van der Waals surface area contributed by atoms with Gasteiger partial charge in [-0.2, -0.15) is 0 Å². The summed E-state index contributed by atoms with van der Waals surface area (Å²) >= 11 is 1.31. The van der Waals surface area contributed by atoms with Gasteiger partial charge in [0, 0.05) is 25.3 Å². The maximum Gasteiger partial charge on any atom is 0.331 e. The lowest BCUT2D eigenvalue weighted by molar-refractivity contribution is 0.0925. The Hall–Kier alpha value is -4.50. The molecule has 1 aliphatic carbocycles. The fourth-order valence-electron chi connectivity index (χ4n) is 7.31. The van der Waals surface area contributed by atoms with E-state index in [1.165, 1.54) is 41.7 Å². The molecule has 242 valence electrons.